The van der Waals surface area contributed by atoms with E-state index in [1.807, 2.05) is 13.8 Å². The molecular weight excluding hydrogens is 224 g/mol. The average Bonchev–Trinajstić information content (AvgIpc) is 3.02. The quantitative estimate of drug-likeness (QED) is 0.336. The third-order valence-corrected chi connectivity index (χ3v) is 5.59. The molecule has 0 bridgehead atoms. The number of ether oxygens (including phenoxy) is 2. The third kappa shape index (κ3) is 5.96. The van der Waals surface area contributed by atoms with Crippen molar-refractivity contribution in [1.82, 2.24) is 0 Å². The molecule has 0 radical (unpaired) electrons. The zero-order chi connectivity index (χ0) is 11.9. The van der Waals surface area contributed by atoms with Gasteiger partial charge in [-0.15, -0.1) is 0 Å². The third-order valence-electron chi connectivity index (χ3n) is 2.53. The number of hydrogen-bond donors (Lipinski definition) is 0. The van der Waals surface area contributed by atoms with Crippen molar-refractivity contribution >= 4 is 8.56 Å². The Kier molecular flexibility index (Phi) is 6.53. The van der Waals surface area contributed by atoms with Crippen LogP contribution in [0.15, 0.2) is 0 Å². The van der Waals surface area contributed by atoms with E-state index in [0.717, 1.165) is 45.5 Å². The second-order valence-corrected chi connectivity index (χ2v) is 7.48. The Morgan fingerprint density at radius 2 is 1.88 bits per heavy atom. The summed E-state index contributed by atoms with van der Waals surface area (Å²) in [5, 5.41) is 0. The molecule has 1 rings (SSSR count). The van der Waals surface area contributed by atoms with E-state index in [1.54, 1.807) is 0 Å². The highest BCUT2D eigenvalue weighted by Crippen LogP contribution is 2.16. The summed E-state index contributed by atoms with van der Waals surface area (Å²) in [5.74, 6) is 0. The molecule has 0 aromatic heterocycles. The molecule has 0 aromatic rings. The van der Waals surface area contributed by atoms with E-state index in [9.17, 15) is 0 Å². The second-order valence-electron chi connectivity index (χ2n) is 4.13. The van der Waals surface area contributed by atoms with Gasteiger partial charge < -0.3 is 18.3 Å². The molecule has 0 amide bonds. The van der Waals surface area contributed by atoms with Gasteiger partial charge in [-0.25, -0.2) is 0 Å². The Hall–Kier alpha value is 0.0569. The number of epoxide rings is 1. The van der Waals surface area contributed by atoms with Crippen LogP contribution in [-0.4, -0.2) is 47.7 Å². The summed E-state index contributed by atoms with van der Waals surface area (Å²) in [6.45, 7) is 10.0. The highest BCUT2D eigenvalue weighted by atomic mass is 28.4. The molecule has 0 aromatic carbocycles. The zero-order valence-corrected chi connectivity index (χ0v) is 11.7. The van der Waals surface area contributed by atoms with Crippen LogP contribution in [0.1, 0.15) is 20.3 Å². The molecule has 1 saturated heterocycles. The summed E-state index contributed by atoms with van der Waals surface area (Å²) < 4.78 is 22.1. The average molecular weight is 248 g/mol. The summed E-state index contributed by atoms with van der Waals surface area (Å²) >= 11 is 0. The van der Waals surface area contributed by atoms with Crippen molar-refractivity contribution in [3.05, 3.63) is 0 Å². The monoisotopic (exact) mass is 248 g/mol. The largest absolute Gasteiger partial charge is 0.395 e. The van der Waals surface area contributed by atoms with Crippen LogP contribution < -0.4 is 0 Å². The molecule has 1 aliphatic rings. The standard InChI is InChI=1S/C11H24O4Si/c1-4-14-16(3,15-5-2)8-6-7-12-9-11-10-13-11/h11H,4-10H2,1-3H3/t11-/m0/s1. The summed E-state index contributed by atoms with van der Waals surface area (Å²) in [5.41, 5.74) is 0. The fourth-order valence-corrected chi connectivity index (χ4v) is 4.05. The van der Waals surface area contributed by atoms with E-state index >= 15 is 0 Å². The summed E-state index contributed by atoms with van der Waals surface area (Å²) in [4.78, 5) is 0. The van der Waals surface area contributed by atoms with Gasteiger partial charge in [0.1, 0.15) is 6.10 Å². The Morgan fingerprint density at radius 1 is 1.25 bits per heavy atom. The van der Waals surface area contributed by atoms with E-state index in [1.165, 1.54) is 0 Å². The van der Waals surface area contributed by atoms with Gasteiger partial charge in [0, 0.05) is 19.8 Å². The van der Waals surface area contributed by atoms with Gasteiger partial charge in [-0.3, -0.25) is 0 Å². The highest BCUT2D eigenvalue weighted by molar-refractivity contribution is 6.66. The van der Waals surface area contributed by atoms with E-state index in [4.69, 9.17) is 18.3 Å². The molecule has 1 atom stereocenters. The molecule has 5 heteroatoms. The molecule has 0 unspecified atom stereocenters. The van der Waals surface area contributed by atoms with Crippen LogP contribution in [0.3, 0.4) is 0 Å². The lowest BCUT2D eigenvalue weighted by atomic mass is 10.5. The zero-order valence-electron chi connectivity index (χ0n) is 10.7. The van der Waals surface area contributed by atoms with Gasteiger partial charge in [-0.1, -0.05) is 0 Å². The van der Waals surface area contributed by atoms with Crippen molar-refractivity contribution in [3.8, 4) is 0 Å². The van der Waals surface area contributed by atoms with Crippen LogP contribution in [-0.2, 0) is 18.3 Å². The fraction of sp³-hybridized carbons (Fsp3) is 1.00. The lowest BCUT2D eigenvalue weighted by Crippen LogP contribution is -2.38. The van der Waals surface area contributed by atoms with E-state index in [2.05, 4.69) is 6.55 Å². The van der Waals surface area contributed by atoms with Crippen molar-refractivity contribution < 1.29 is 18.3 Å². The minimum absolute atomic E-state index is 0.363. The maximum absolute atomic E-state index is 5.75. The Bertz CT molecular complexity index is 179. The van der Waals surface area contributed by atoms with Gasteiger partial charge in [-0.2, -0.15) is 0 Å². The smallest absolute Gasteiger partial charge is 0.334 e. The lowest BCUT2D eigenvalue weighted by molar-refractivity contribution is 0.113. The molecule has 0 saturated carbocycles. The Balaban J connectivity index is 2.05. The van der Waals surface area contributed by atoms with Crippen molar-refractivity contribution in [3.63, 3.8) is 0 Å². The first-order chi connectivity index (χ1) is 7.70. The van der Waals surface area contributed by atoms with Crippen LogP contribution in [0.25, 0.3) is 0 Å². The van der Waals surface area contributed by atoms with Gasteiger partial charge >= 0.3 is 8.56 Å². The van der Waals surface area contributed by atoms with Crippen molar-refractivity contribution in [2.24, 2.45) is 0 Å². The normalized spacial score (nSPS) is 20.1. The van der Waals surface area contributed by atoms with Gasteiger partial charge in [0.15, 0.2) is 0 Å². The van der Waals surface area contributed by atoms with Crippen LogP contribution >= 0.6 is 0 Å². The lowest BCUT2D eigenvalue weighted by Gasteiger charge is -2.25. The first-order valence-electron chi connectivity index (χ1n) is 6.17. The Morgan fingerprint density at radius 3 is 2.38 bits per heavy atom. The van der Waals surface area contributed by atoms with Gasteiger partial charge in [0.05, 0.1) is 13.2 Å². The highest BCUT2D eigenvalue weighted by Gasteiger charge is 2.30. The molecular formula is C11H24O4Si. The maximum Gasteiger partial charge on any atom is 0.334 e. The van der Waals surface area contributed by atoms with Crippen molar-refractivity contribution in [2.75, 3.05) is 33.0 Å². The van der Waals surface area contributed by atoms with Crippen LogP contribution in [0.5, 0.6) is 0 Å². The minimum Gasteiger partial charge on any atom is -0.395 e. The molecule has 0 aliphatic carbocycles. The number of rotatable bonds is 10. The fourth-order valence-electron chi connectivity index (χ4n) is 1.67. The predicted molar refractivity (Wildman–Crippen MR) is 64.9 cm³/mol. The molecule has 96 valence electrons. The maximum atomic E-state index is 5.75. The van der Waals surface area contributed by atoms with Gasteiger partial charge in [-0.05, 0) is 32.9 Å². The minimum atomic E-state index is -1.92. The molecule has 1 heterocycles. The summed E-state index contributed by atoms with van der Waals surface area (Å²) in [6.07, 6.45) is 1.37. The molecule has 0 N–H and O–H groups in total. The molecule has 1 aliphatic heterocycles. The first-order valence-corrected chi connectivity index (χ1v) is 8.70. The molecule has 16 heavy (non-hydrogen) atoms. The molecule has 1 fully saturated rings. The summed E-state index contributed by atoms with van der Waals surface area (Å²) in [7, 11) is -1.92. The SMILES string of the molecule is CCO[Si](C)(CCCOC[C@H]1CO1)OCC. The number of hydrogen-bond acceptors (Lipinski definition) is 4. The van der Waals surface area contributed by atoms with Gasteiger partial charge in [0.25, 0.3) is 0 Å². The molecule has 4 nitrogen and oxygen atoms in total. The van der Waals surface area contributed by atoms with E-state index in [-0.39, 0.29) is 0 Å². The van der Waals surface area contributed by atoms with E-state index < -0.39 is 8.56 Å². The van der Waals surface area contributed by atoms with E-state index in [0.29, 0.717) is 6.10 Å². The topological polar surface area (TPSA) is 40.2 Å². The second kappa shape index (κ2) is 7.40. The van der Waals surface area contributed by atoms with Crippen LogP contribution in [0.4, 0.5) is 0 Å². The summed E-state index contributed by atoms with van der Waals surface area (Å²) in [6, 6.07) is 1.00. The molecule has 0 spiro atoms. The predicted octanol–water partition coefficient (Wildman–Crippen LogP) is 1.94. The van der Waals surface area contributed by atoms with Crippen molar-refractivity contribution in [2.45, 2.75) is 39.0 Å². The van der Waals surface area contributed by atoms with Crippen LogP contribution in [0.2, 0.25) is 12.6 Å². The van der Waals surface area contributed by atoms with Crippen LogP contribution in [0, 0.1) is 0 Å². The van der Waals surface area contributed by atoms with Crippen molar-refractivity contribution in [1.29, 1.82) is 0 Å². The Labute approximate surface area is 99.5 Å². The van der Waals surface area contributed by atoms with Gasteiger partial charge in [0.2, 0.25) is 0 Å². The first kappa shape index (κ1) is 14.1.